The van der Waals surface area contributed by atoms with Crippen molar-refractivity contribution in [2.75, 3.05) is 74.3 Å². The van der Waals surface area contributed by atoms with Crippen LogP contribution in [0.1, 0.15) is 24.8 Å². The summed E-state index contributed by atoms with van der Waals surface area (Å²) < 4.78 is 16.1. The van der Waals surface area contributed by atoms with Gasteiger partial charge in [0.15, 0.2) is 5.96 Å². The van der Waals surface area contributed by atoms with Gasteiger partial charge in [0.1, 0.15) is 5.75 Å². The van der Waals surface area contributed by atoms with E-state index in [-0.39, 0.29) is 29.4 Å². The van der Waals surface area contributed by atoms with E-state index in [1.54, 1.807) is 14.2 Å². The fourth-order valence-electron chi connectivity index (χ4n) is 3.70. The second-order valence-corrected chi connectivity index (χ2v) is 7.62. The van der Waals surface area contributed by atoms with Crippen molar-refractivity contribution in [2.24, 2.45) is 4.99 Å². The van der Waals surface area contributed by atoms with Gasteiger partial charge in [0.05, 0.1) is 7.11 Å². The first-order chi connectivity index (χ1) is 14.1. The van der Waals surface area contributed by atoms with Gasteiger partial charge in [0.25, 0.3) is 0 Å². The number of methoxy groups -OCH3 is 2. The maximum atomic E-state index is 5.64. The first-order valence-corrected chi connectivity index (χ1v) is 10.5. The number of benzene rings is 1. The van der Waals surface area contributed by atoms with Crippen LogP contribution in [0.3, 0.4) is 0 Å². The number of likely N-dealkylation sites (N-methyl/N-ethyl adjacent to an activating group) is 1. The van der Waals surface area contributed by atoms with Gasteiger partial charge in [-0.15, -0.1) is 24.0 Å². The van der Waals surface area contributed by atoms with Gasteiger partial charge in [0, 0.05) is 65.6 Å². The van der Waals surface area contributed by atoms with Crippen LogP contribution in [0.5, 0.6) is 5.75 Å². The molecule has 172 valence electrons. The Balaban J connectivity index is 0.00000450. The predicted octanol–water partition coefficient (Wildman–Crippen LogP) is 2.49. The van der Waals surface area contributed by atoms with E-state index in [1.807, 2.05) is 19.2 Å². The van der Waals surface area contributed by atoms with Crippen molar-refractivity contribution in [3.8, 4) is 5.75 Å². The van der Waals surface area contributed by atoms with Crippen LogP contribution in [0.15, 0.2) is 29.3 Å². The minimum Gasteiger partial charge on any atom is -0.497 e. The Morgan fingerprint density at radius 3 is 2.43 bits per heavy atom. The molecule has 0 radical (unpaired) electrons. The smallest absolute Gasteiger partial charge is 0.191 e. The molecule has 1 aliphatic heterocycles. The first kappa shape index (κ1) is 26.9. The Labute approximate surface area is 199 Å². The number of rotatable bonds is 11. The number of ether oxygens (including phenoxy) is 3. The molecule has 0 aromatic heterocycles. The Bertz CT molecular complexity index is 607. The number of halogens is 1. The lowest BCUT2D eigenvalue weighted by Gasteiger charge is -2.38. The molecule has 1 aromatic rings. The molecule has 2 N–H and O–H groups in total. The molecule has 1 aromatic carbocycles. The molecule has 0 saturated carbocycles. The van der Waals surface area contributed by atoms with Crippen LogP contribution in [0.25, 0.3) is 0 Å². The molecule has 0 atom stereocenters. The van der Waals surface area contributed by atoms with Gasteiger partial charge in [0.2, 0.25) is 0 Å². The zero-order valence-corrected chi connectivity index (χ0v) is 21.2. The van der Waals surface area contributed by atoms with Crippen LogP contribution in [0, 0.1) is 0 Å². The van der Waals surface area contributed by atoms with Gasteiger partial charge in [-0.1, -0.05) is 12.1 Å². The zero-order chi connectivity index (χ0) is 21.0. The van der Waals surface area contributed by atoms with Crippen LogP contribution in [-0.4, -0.2) is 85.2 Å². The minimum atomic E-state index is 0. The second kappa shape index (κ2) is 14.8. The topological polar surface area (TPSA) is 67.4 Å². The summed E-state index contributed by atoms with van der Waals surface area (Å²) in [5.74, 6) is 1.73. The first-order valence-electron chi connectivity index (χ1n) is 10.5. The van der Waals surface area contributed by atoms with Gasteiger partial charge in [-0.3, -0.25) is 4.99 Å². The van der Waals surface area contributed by atoms with E-state index in [0.717, 1.165) is 77.0 Å². The van der Waals surface area contributed by atoms with Crippen molar-refractivity contribution in [3.05, 3.63) is 29.8 Å². The highest BCUT2D eigenvalue weighted by molar-refractivity contribution is 14.0. The van der Waals surface area contributed by atoms with Gasteiger partial charge in [-0.25, -0.2) is 0 Å². The molecule has 7 nitrogen and oxygen atoms in total. The van der Waals surface area contributed by atoms with Gasteiger partial charge in [-0.05, 0) is 44.0 Å². The molecule has 0 amide bonds. The molecule has 8 heteroatoms. The van der Waals surface area contributed by atoms with Crippen LogP contribution in [0.4, 0.5) is 0 Å². The molecule has 1 aliphatic rings. The fourth-order valence-corrected chi connectivity index (χ4v) is 3.70. The van der Waals surface area contributed by atoms with E-state index < -0.39 is 0 Å². The lowest BCUT2D eigenvalue weighted by Crippen LogP contribution is -2.49. The Hall–Kier alpha value is -1.10. The quantitative estimate of drug-likeness (QED) is 0.197. The number of nitrogens with zero attached hydrogens (tertiary/aromatic N) is 2. The van der Waals surface area contributed by atoms with Crippen molar-refractivity contribution >= 4 is 29.9 Å². The highest BCUT2D eigenvalue weighted by Crippen LogP contribution is 2.35. The van der Waals surface area contributed by atoms with Crippen LogP contribution < -0.4 is 15.4 Å². The van der Waals surface area contributed by atoms with Crippen molar-refractivity contribution in [2.45, 2.75) is 24.7 Å². The van der Waals surface area contributed by atoms with Gasteiger partial charge >= 0.3 is 0 Å². The third-order valence-corrected chi connectivity index (χ3v) is 5.64. The normalized spacial score (nSPS) is 16.1. The summed E-state index contributed by atoms with van der Waals surface area (Å²) in [6, 6.07) is 8.44. The summed E-state index contributed by atoms with van der Waals surface area (Å²) in [5.41, 5.74) is 1.36. The van der Waals surface area contributed by atoms with Gasteiger partial charge < -0.3 is 29.7 Å². The molecular weight excluding hydrogens is 495 g/mol. The van der Waals surface area contributed by atoms with Crippen LogP contribution in [-0.2, 0) is 14.9 Å². The van der Waals surface area contributed by atoms with E-state index in [9.17, 15) is 0 Å². The third kappa shape index (κ3) is 8.56. The number of aliphatic imine (C=N–C) groups is 1. The number of nitrogens with one attached hydrogen (secondary N) is 2. The largest absolute Gasteiger partial charge is 0.497 e. The Morgan fingerprint density at radius 1 is 1.13 bits per heavy atom. The van der Waals surface area contributed by atoms with Crippen molar-refractivity contribution < 1.29 is 14.2 Å². The lowest BCUT2D eigenvalue weighted by atomic mass is 9.74. The summed E-state index contributed by atoms with van der Waals surface area (Å²) in [7, 11) is 7.40. The highest BCUT2D eigenvalue weighted by Gasteiger charge is 2.34. The van der Waals surface area contributed by atoms with Gasteiger partial charge in [-0.2, -0.15) is 0 Å². The molecule has 30 heavy (non-hydrogen) atoms. The van der Waals surface area contributed by atoms with E-state index in [2.05, 4.69) is 39.7 Å². The summed E-state index contributed by atoms with van der Waals surface area (Å²) >= 11 is 0. The van der Waals surface area contributed by atoms with Crippen molar-refractivity contribution in [1.82, 2.24) is 15.5 Å². The second-order valence-electron chi connectivity index (χ2n) is 7.62. The Kier molecular flexibility index (Phi) is 13.3. The highest BCUT2D eigenvalue weighted by atomic mass is 127. The maximum absolute atomic E-state index is 5.64. The van der Waals surface area contributed by atoms with E-state index in [4.69, 9.17) is 14.2 Å². The molecule has 0 aliphatic carbocycles. The maximum Gasteiger partial charge on any atom is 0.191 e. The van der Waals surface area contributed by atoms with E-state index in [1.165, 1.54) is 5.56 Å². The predicted molar refractivity (Wildman–Crippen MR) is 133 cm³/mol. The van der Waals surface area contributed by atoms with Crippen molar-refractivity contribution in [1.29, 1.82) is 0 Å². The summed E-state index contributed by atoms with van der Waals surface area (Å²) in [4.78, 5) is 6.70. The van der Waals surface area contributed by atoms with E-state index in [0.29, 0.717) is 0 Å². The summed E-state index contributed by atoms with van der Waals surface area (Å²) in [6.07, 6.45) is 3.03. The summed E-state index contributed by atoms with van der Waals surface area (Å²) in [5, 5.41) is 6.98. The summed E-state index contributed by atoms with van der Waals surface area (Å²) in [6.45, 7) is 6.04. The molecule has 1 saturated heterocycles. The monoisotopic (exact) mass is 534 g/mol. The molecule has 1 heterocycles. The average molecular weight is 534 g/mol. The lowest BCUT2D eigenvalue weighted by molar-refractivity contribution is 0.0513. The minimum absolute atomic E-state index is 0. The SMILES string of the molecule is CN=C(NCCN(C)CCCOC)NCC1(c2ccc(OC)cc2)CCOCC1.I. The molecule has 0 unspecified atom stereocenters. The molecule has 0 spiro atoms. The molecule has 2 rings (SSSR count). The number of hydrogen-bond donors (Lipinski definition) is 2. The van der Waals surface area contributed by atoms with Crippen LogP contribution >= 0.6 is 24.0 Å². The Morgan fingerprint density at radius 2 is 1.83 bits per heavy atom. The average Bonchev–Trinajstić information content (AvgIpc) is 2.77. The standard InChI is InChI=1S/C22H38N4O3.HI/c1-23-21(24-12-14-26(2)13-5-15-27-3)25-18-22(10-16-29-17-11-22)19-6-8-20(28-4)9-7-19;/h6-9H,5,10-18H2,1-4H3,(H2,23,24,25);1H. The molecule has 0 bridgehead atoms. The molecule has 1 fully saturated rings. The molecular formula is C22H39IN4O3. The van der Waals surface area contributed by atoms with Crippen molar-refractivity contribution in [3.63, 3.8) is 0 Å². The number of guanidine groups is 1. The zero-order valence-electron chi connectivity index (χ0n) is 18.9. The van der Waals surface area contributed by atoms with Crippen LogP contribution in [0.2, 0.25) is 0 Å². The number of hydrogen-bond acceptors (Lipinski definition) is 5. The van der Waals surface area contributed by atoms with E-state index >= 15 is 0 Å². The third-order valence-electron chi connectivity index (χ3n) is 5.64. The fraction of sp³-hybridized carbons (Fsp3) is 0.682.